The van der Waals surface area contributed by atoms with E-state index < -0.39 is 0 Å². The molecule has 3 nitrogen and oxygen atoms in total. The van der Waals surface area contributed by atoms with Gasteiger partial charge in [0.1, 0.15) is 0 Å². The van der Waals surface area contributed by atoms with E-state index in [1.165, 1.54) is 24.1 Å². The number of hydrogen-bond donors (Lipinski definition) is 1. The molecule has 2 N–H and O–H groups in total. The molecule has 1 heterocycles. The molecule has 0 saturated carbocycles. The number of rotatable bonds is 3. The fourth-order valence-electron chi connectivity index (χ4n) is 2.80. The monoisotopic (exact) mass is 325 g/mol. The molecule has 1 unspecified atom stereocenters. The standard InChI is InChI=1S/C15H24BrN3/c1-11(17)14-10-12(16)4-5-15(14)19-8-6-13(7-9-19)18(2)3/h4-5,10-11,13H,6-9,17H2,1-3H3. The minimum Gasteiger partial charge on any atom is -0.371 e. The molecule has 1 atom stereocenters. The van der Waals surface area contributed by atoms with Crippen LogP contribution in [-0.4, -0.2) is 38.1 Å². The summed E-state index contributed by atoms with van der Waals surface area (Å²) in [5.41, 5.74) is 8.65. The van der Waals surface area contributed by atoms with Crippen molar-refractivity contribution >= 4 is 21.6 Å². The maximum Gasteiger partial charge on any atom is 0.0415 e. The molecule has 0 spiro atoms. The Morgan fingerprint density at radius 1 is 1.32 bits per heavy atom. The van der Waals surface area contributed by atoms with Crippen molar-refractivity contribution in [2.75, 3.05) is 32.1 Å². The Morgan fingerprint density at radius 3 is 2.47 bits per heavy atom. The Labute approximate surface area is 124 Å². The number of anilines is 1. The van der Waals surface area contributed by atoms with Gasteiger partial charge in [-0.15, -0.1) is 0 Å². The lowest BCUT2D eigenvalue weighted by atomic mass is 10.0. The highest BCUT2D eigenvalue weighted by molar-refractivity contribution is 9.10. The van der Waals surface area contributed by atoms with Crippen LogP contribution in [-0.2, 0) is 0 Å². The summed E-state index contributed by atoms with van der Waals surface area (Å²) >= 11 is 3.54. The highest BCUT2D eigenvalue weighted by Crippen LogP contribution is 2.30. The highest BCUT2D eigenvalue weighted by atomic mass is 79.9. The molecule has 0 radical (unpaired) electrons. The van der Waals surface area contributed by atoms with Gasteiger partial charge in [0.05, 0.1) is 0 Å². The van der Waals surface area contributed by atoms with Crippen LogP contribution in [0.2, 0.25) is 0 Å². The Balaban J connectivity index is 2.15. The molecule has 0 amide bonds. The molecule has 1 aromatic rings. The van der Waals surface area contributed by atoms with E-state index >= 15 is 0 Å². The first kappa shape index (κ1) is 14.8. The van der Waals surface area contributed by atoms with Crippen LogP contribution in [0.1, 0.15) is 31.4 Å². The Bertz CT molecular complexity index is 423. The van der Waals surface area contributed by atoms with Gasteiger partial charge in [-0.25, -0.2) is 0 Å². The van der Waals surface area contributed by atoms with Crippen molar-refractivity contribution in [1.29, 1.82) is 0 Å². The van der Waals surface area contributed by atoms with E-state index in [1.807, 2.05) is 0 Å². The van der Waals surface area contributed by atoms with Crippen LogP contribution in [0, 0.1) is 0 Å². The van der Waals surface area contributed by atoms with Crippen LogP contribution in [0.25, 0.3) is 0 Å². The normalized spacial score (nSPS) is 18.9. The average molecular weight is 326 g/mol. The van der Waals surface area contributed by atoms with Gasteiger partial charge in [-0.05, 0) is 57.6 Å². The van der Waals surface area contributed by atoms with Crippen molar-refractivity contribution in [3.8, 4) is 0 Å². The molecular weight excluding hydrogens is 302 g/mol. The Kier molecular flexibility index (Phi) is 4.87. The quantitative estimate of drug-likeness (QED) is 0.927. The highest BCUT2D eigenvalue weighted by Gasteiger charge is 2.22. The van der Waals surface area contributed by atoms with Crippen molar-refractivity contribution in [3.63, 3.8) is 0 Å². The predicted molar refractivity (Wildman–Crippen MR) is 85.7 cm³/mol. The molecule has 106 valence electrons. The van der Waals surface area contributed by atoms with Gasteiger partial charge in [-0.3, -0.25) is 0 Å². The molecule has 2 rings (SSSR count). The maximum atomic E-state index is 6.11. The van der Waals surface area contributed by atoms with Crippen LogP contribution >= 0.6 is 15.9 Å². The minimum atomic E-state index is 0.0686. The van der Waals surface area contributed by atoms with E-state index in [0.29, 0.717) is 6.04 Å². The summed E-state index contributed by atoms with van der Waals surface area (Å²) in [5.74, 6) is 0. The Morgan fingerprint density at radius 2 is 1.95 bits per heavy atom. The molecule has 1 fully saturated rings. The molecule has 0 aromatic heterocycles. The summed E-state index contributed by atoms with van der Waals surface area (Å²) < 4.78 is 1.10. The lowest BCUT2D eigenvalue weighted by Crippen LogP contribution is -2.42. The van der Waals surface area contributed by atoms with Crippen LogP contribution in [0.3, 0.4) is 0 Å². The van der Waals surface area contributed by atoms with E-state index in [1.54, 1.807) is 0 Å². The van der Waals surface area contributed by atoms with Crippen LogP contribution in [0.15, 0.2) is 22.7 Å². The molecular formula is C15H24BrN3. The maximum absolute atomic E-state index is 6.11. The van der Waals surface area contributed by atoms with Gasteiger partial charge >= 0.3 is 0 Å². The summed E-state index contributed by atoms with van der Waals surface area (Å²) in [6.07, 6.45) is 2.45. The van der Waals surface area contributed by atoms with Gasteiger partial charge in [-0.1, -0.05) is 15.9 Å². The SMILES string of the molecule is CC(N)c1cc(Br)ccc1N1CCC(N(C)C)CC1. The van der Waals surface area contributed by atoms with Gasteiger partial charge in [-0.2, -0.15) is 0 Å². The van der Waals surface area contributed by atoms with Crippen molar-refractivity contribution < 1.29 is 0 Å². The van der Waals surface area contributed by atoms with E-state index in [2.05, 4.69) is 64.9 Å². The second-order valence-corrected chi connectivity index (χ2v) is 6.59. The average Bonchev–Trinajstić information content (AvgIpc) is 2.38. The van der Waals surface area contributed by atoms with Gasteiger partial charge in [0.15, 0.2) is 0 Å². The first-order valence-electron chi connectivity index (χ1n) is 6.95. The van der Waals surface area contributed by atoms with Crippen molar-refractivity contribution in [2.24, 2.45) is 5.73 Å². The third kappa shape index (κ3) is 3.50. The second kappa shape index (κ2) is 6.25. The molecule has 19 heavy (non-hydrogen) atoms. The molecule has 0 aliphatic carbocycles. The predicted octanol–water partition coefficient (Wildman–Crippen LogP) is 3.00. The van der Waals surface area contributed by atoms with Crippen LogP contribution in [0.4, 0.5) is 5.69 Å². The summed E-state index contributed by atoms with van der Waals surface area (Å²) in [6, 6.07) is 7.24. The fourth-order valence-corrected chi connectivity index (χ4v) is 3.18. The van der Waals surface area contributed by atoms with Crippen molar-refractivity contribution in [1.82, 2.24) is 4.90 Å². The van der Waals surface area contributed by atoms with Gasteiger partial charge < -0.3 is 15.5 Å². The zero-order valence-corrected chi connectivity index (χ0v) is 13.7. The fraction of sp³-hybridized carbons (Fsp3) is 0.600. The van der Waals surface area contributed by atoms with E-state index in [-0.39, 0.29) is 6.04 Å². The number of hydrogen-bond acceptors (Lipinski definition) is 3. The number of piperidine rings is 1. The summed E-state index contributed by atoms with van der Waals surface area (Å²) in [5, 5.41) is 0. The lowest BCUT2D eigenvalue weighted by Gasteiger charge is -2.37. The summed E-state index contributed by atoms with van der Waals surface area (Å²) in [7, 11) is 4.35. The first-order valence-corrected chi connectivity index (χ1v) is 7.74. The second-order valence-electron chi connectivity index (χ2n) is 5.67. The van der Waals surface area contributed by atoms with Crippen LogP contribution in [0.5, 0.6) is 0 Å². The zero-order chi connectivity index (χ0) is 14.0. The summed E-state index contributed by atoms with van der Waals surface area (Å²) in [6.45, 7) is 4.28. The third-order valence-electron chi connectivity index (χ3n) is 4.02. The van der Waals surface area contributed by atoms with Crippen molar-refractivity contribution in [3.05, 3.63) is 28.2 Å². The number of benzene rings is 1. The number of nitrogens with zero attached hydrogens (tertiary/aromatic N) is 2. The molecule has 0 bridgehead atoms. The van der Waals surface area contributed by atoms with Gasteiger partial charge in [0.2, 0.25) is 0 Å². The van der Waals surface area contributed by atoms with Crippen molar-refractivity contribution in [2.45, 2.75) is 31.8 Å². The Hall–Kier alpha value is -0.580. The first-order chi connectivity index (χ1) is 8.99. The van der Waals surface area contributed by atoms with E-state index in [4.69, 9.17) is 5.73 Å². The van der Waals surface area contributed by atoms with Crippen LogP contribution < -0.4 is 10.6 Å². The third-order valence-corrected chi connectivity index (χ3v) is 4.51. The smallest absolute Gasteiger partial charge is 0.0415 e. The van der Waals surface area contributed by atoms with E-state index in [0.717, 1.165) is 17.6 Å². The van der Waals surface area contributed by atoms with E-state index in [9.17, 15) is 0 Å². The molecule has 1 aliphatic heterocycles. The topological polar surface area (TPSA) is 32.5 Å². The number of nitrogens with two attached hydrogens (primary N) is 1. The number of halogens is 1. The van der Waals surface area contributed by atoms with Gasteiger partial charge in [0, 0.05) is 35.3 Å². The summed E-state index contributed by atoms with van der Waals surface area (Å²) in [4.78, 5) is 4.82. The minimum absolute atomic E-state index is 0.0686. The largest absolute Gasteiger partial charge is 0.371 e. The lowest BCUT2D eigenvalue weighted by molar-refractivity contribution is 0.249. The van der Waals surface area contributed by atoms with Gasteiger partial charge in [0.25, 0.3) is 0 Å². The molecule has 1 saturated heterocycles. The molecule has 1 aromatic carbocycles. The zero-order valence-electron chi connectivity index (χ0n) is 12.1. The molecule has 1 aliphatic rings. The molecule has 4 heteroatoms.